The van der Waals surface area contributed by atoms with Crippen molar-refractivity contribution in [1.82, 2.24) is 5.32 Å². The van der Waals surface area contributed by atoms with Crippen molar-refractivity contribution in [2.24, 2.45) is 16.6 Å². The monoisotopic (exact) mass is 263 g/mol. The van der Waals surface area contributed by atoms with E-state index in [0.29, 0.717) is 37.7 Å². The van der Waals surface area contributed by atoms with Crippen LogP contribution < -0.4 is 11.1 Å². The van der Waals surface area contributed by atoms with Crippen LogP contribution in [0.2, 0.25) is 0 Å². The van der Waals surface area contributed by atoms with Gasteiger partial charge in [0.15, 0.2) is 5.96 Å². The normalized spacial score (nSPS) is 13.6. The summed E-state index contributed by atoms with van der Waals surface area (Å²) in [5.41, 5.74) is 6.93. The highest BCUT2D eigenvalue weighted by Crippen LogP contribution is 2.03. The molecule has 0 heterocycles. The van der Waals surface area contributed by atoms with E-state index in [0.717, 1.165) is 0 Å². The molecule has 0 spiro atoms. The van der Waals surface area contributed by atoms with Gasteiger partial charge in [-0.25, -0.2) is 0 Å². The predicted molar refractivity (Wildman–Crippen MR) is 80.0 cm³/mol. The number of hydrogen-bond acceptors (Lipinski definition) is 2. The number of hydrogen-bond donors (Lipinski definition) is 2. The Hall–Kier alpha value is -1.55. The molecule has 0 aromatic heterocycles. The lowest BCUT2D eigenvalue weighted by Gasteiger charge is -2.12. The summed E-state index contributed by atoms with van der Waals surface area (Å²) in [6, 6.07) is 10.5. The van der Waals surface area contributed by atoms with Crippen molar-refractivity contribution in [2.45, 2.75) is 33.4 Å². The largest absolute Gasteiger partial charge is 0.376 e. The fourth-order valence-electron chi connectivity index (χ4n) is 1.60. The first kappa shape index (κ1) is 15.5. The minimum Gasteiger partial charge on any atom is -0.376 e. The van der Waals surface area contributed by atoms with E-state index in [4.69, 9.17) is 10.5 Å². The summed E-state index contributed by atoms with van der Waals surface area (Å²) >= 11 is 0. The van der Waals surface area contributed by atoms with Gasteiger partial charge in [-0.05, 0) is 25.3 Å². The third-order valence-electron chi connectivity index (χ3n) is 2.52. The Labute approximate surface area is 116 Å². The first-order chi connectivity index (χ1) is 9.08. The van der Waals surface area contributed by atoms with E-state index in [9.17, 15) is 0 Å². The standard InChI is InChI=1S/C15H25N3O/c1-12(2)18-15(16)17-9-13(3)10-19-11-14-7-5-4-6-8-14/h4-8,12-13H,9-11H2,1-3H3,(H3,16,17,18). The van der Waals surface area contributed by atoms with Gasteiger partial charge < -0.3 is 15.8 Å². The highest BCUT2D eigenvalue weighted by Gasteiger charge is 2.02. The molecule has 1 rings (SSSR count). The maximum Gasteiger partial charge on any atom is 0.188 e. The van der Waals surface area contributed by atoms with Crippen LogP contribution in [0.1, 0.15) is 26.3 Å². The van der Waals surface area contributed by atoms with E-state index in [1.54, 1.807) is 0 Å². The fourth-order valence-corrected chi connectivity index (χ4v) is 1.60. The Balaban J connectivity index is 2.19. The van der Waals surface area contributed by atoms with Gasteiger partial charge in [0.2, 0.25) is 0 Å². The van der Waals surface area contributed by atoms with E-state index < -0.39 is 0 Å². The molecule has 0 amide bonds. The molecule has 0 aliphatic heterocycles. The molecule has 0 saturated carbocycles. The van der Waals surface area contributed by atoms with Crippen LogP contribution in [-0.2, 0) is 11.3 Å². The number of rotatable bonds is 7. The predicted octanol–water partition coefficient (Wildman–Crippen LogP) is 2.15. The van der Waals surface area contributed by atoms with Crippen molar-refractivity contribution >= 4 is 5.96 Å². The fraction of sp³-hybridized carbons (Fsp3) is 0.533. The molecule has 1 aromatic rings. The number of nitrogens with one attached hydrogen (secondary N) is 1. The Morgan fingerprint density at radius 3 is 2.58 bits per heavy atom. The van der Waals surface area contributed by atoms with Crippen molar-refractivity contribution in [3.63, 3.8) is 0 Å². The molecule has 19 heavy (non-hydrogen) atoms. The molecule has 0 aliphatic rings. The van der Waals surface area contributed by atoms with Gasteiger partial charge in [0.25, 0.3) is 0 Å². The van der Waals surface area contributed by atoms with E-state index in [1.807, 2.05) is 32.0 Å². The van der Waals surface area contributed by atoms with Crippen molar-refractivity contribution in [1.29, 1.82) is 0 Å². The van der Waals surface area contributed by atoms with E-state index in [2.05, 4.69) is 29.4 Å². The number of benzene rings is 1. The zero-order chi connectivity index (χ0) is 14.1. The van der Waals surface area contributed by atoms with E-state index >= 15 is 0 Å². The number of guanidine groups is 1. The zero-order valence-electron chi connectivity index (χ0n) is 12.1. The molecule has 1 aromatic carbocycles. The summed E-state index contributed by atoms with van der Waals surface area (Å²) in [7, 11) is 0. The van der Waals surface area contributed by atoms with Gasteiger partial charge in [0.1, 0.15) is 0 Å². The van der Waals surface area contributed by atoms with Gasteiger partial charge >= 0.3 is 0 Å². The molecule has 4 nitrogen and oxygen atoms in total. The second-order valence-corrected chi connectivity index (χ2v) is 5.13. The van der Waals surface area contributed by atoms with Crippen molar-refractivity contribution in [3.8, 4) is 0 Å². The molecule has 106 valence electrons. The second-order valence-electron chi connectivity index (χ2n) is 5.13. The Morgan fingerprint density at radius 2 is 1.95 bits per heavy atom. The molecule has 0 aliphatic carbocycles. The van der Waals surface area contributed by atoms with Crippen LogP contribution in [0.4, 0.5) is 0 Å². The average Bonchev–Trinajstić information content (AvgIpc) is 2.37. The van der Waals surface area contributed by atoms with Gasteiger partial charge in [-0.3, -0.25) is 4.99 Å². The summed E-state index contributed by atoms with van der Waals surface area (Å²) in [5.74, 6) is 0.862. The summed E-state index contributed by atoms with van der Waals surface area (Å²) in [4.78, 5) is 4.29. The lowest BCUT2D eigenvalue weighted by molar-refractivity contribution is 0.0945. The first-order valence-corrected chi connectivity index (χ1v) is 6.76. The highest BCUT2D eigenvalue weighted by molar-refractivity contribution is 5.78. The van der Waals surface area contributed by atoms with Gasteiger partial charge in [-0.15, -0.1) is 0 Å². The summed E-state index contributed by atoms with van der Waals surface area (Å²) in [5, 5.41) is 3.07. The molecular formula is C15H25N3O. The number of nitrogens with two attached hydrogens (primary N) is 1. The van der Waals surface area contributed by atoms with Crippen molar-refractivity contribution < 1.29 is 4.74 Å². The molecule has 1 unspecified atom stereocenters. The summed E-state index contributed by atoms with van der Waals surface area (Å²) in [6.45, 7) is 8.20. The van der Waals surface area contributed by atoms with Crippen LogP contribution in [0.25, 0.3) is 0 Å². The number of ether oxygens (including phenoxy) is 1. The Kier molecular flexibility index (Phi) is 6.97. The van der Waals surface area contributed by atoms with E-state index in [-0.39, 0.29) is 0 Å². The highest BCUT2D eigenvalue weighted by atomic mass is 16.5. The maximum absolute atomic E-state index is 5.74. The van der Waals surface area contributed by atoms with Crippen molar-refractivity contribution in [3.05, 3.63) is 35.9 Å². The molecule has 3 N–H and O–H groups in total. The smallest absolute Gasteiger partial charge is 0.188 e. The number of nitrogens with zero attached hydrogens (tertiary/aromatic N) is 1. The molecular weight excluding hydrogens is 238 g/mol. The Morgan fingerprint density at radius 1 is 1.26 bits per heavy atom. The van der Waals surface area contributed by atoms with Crippen LogP contribution in [0, 0.1) is 5.92 Å². The van der Waals surface area contributed by atoms with Crippen molar-refractivity contribution in [2.75, 3.05) is 13.2 Å². The Bertz CT molecular complexity index is 376. The molecule has 0 fully saturated rings. The molecule has 0 bridgehead atoms. The maximum atomic E-state index is 5.74. The van der Waals surface area contributed by atoms with Gasteiger partial charge in [0, 0.05) is 12.6 Å². The number of aliphatic imine (C=N–C) groups is 1. The quantitative estimate of drug-likeness (QED) is 0.585. The van der Waals surface area contributed by atoms with Crippen LogP contribution in [0.3, 0.4) is 0 Å². The molecule has 0 radical (unpaired) electrons. The first-order valence-electron chi connectivity index (χ1n) is 6.76. The minimum absolute atomic E-state index is 0.313. The lowest BCUT2D eigenvalue weighted by atomic mass is 10.2. The zero-order valence-corrected chi connectivity index (χ0v) is 12.1. The van der Waals surface area contributed by atoms with Crippen LogP contribution in [-0.4, -0.2) is 25.2 Å². The van der Waals surface area contributed by atoms with Crippen LogP contribution >= 0.6 is 0 Å². The molecule has 0 saturated heterocycles. The van der Waals surface area contributed by atoms with E-state index in [1.165, 1.54) is 5.56 Å². The SMILES string of the molecule is CC(CN=C(N)NC(C)C)COCc1ccccc1. The average molecular weight is 263 g/mol. The molecule has 1 atom stereocenters. The second kappa shape index (κ2) is 8.53. The minimum atomic E-state index is 0.313. The third-order valence-corrected chi connectivity index (χ3v) is 2.52. The third kappa shape index (κ3) is 7.47. The van der Waals surface area contributed by atoms with Crippen LogP contribution in [0.5, 0.6) is 0 Å². The topological polar surface area (TPSA) is 59.6 Å². The van der Waals surface area contributed by atoms with Gasteiger partial charge in [-0.1, -0.05) is 37.3 Å². The van der Waals surface area contributed by atoms with Gasteiger partial charge in [0.05, 0.1) is 13.2 Å². The lowest BCUT2D eigenvalue weighted by Crippen LogP contribution is -2.37. The van der Waals surface area contributed by atoms with Crippen LogP contribution in [0.15, 0.2) is 35.3 Å². The molecule has 4 heteroatoms. The summed E-state index contributed by atoms with van der Waals surface area (Å²) < 4.78 is 5.66. The summed E-state index contributed by atoms with van der Waals surface area (Å²) in [6.07, 6.45) is 0. The van der Waals surface area contributed by atoms with Gasteiger partial charge in [-0.2, -0.15) is 0 Å².